The van der Waals surface area contributed by atoms with Crippen LogP contribution in [-0.2, 0) is 13.0 Å². The molecule has 30 heavy (non-hydrogen) atoms. The van der Waals surface area contributed by atoms with Crippen LogP contribution in [0, 0.1) is 0 Å². The highest BCUT2D eigenvalue weighted by atomic mass is 16.4. The van der Waals surface area contributed by atoms with E-state index in [0.29, 0.717) is 30.4 Å². The van der Waals surface area contributed by atoms with Crippen molar-refractivity contribution >= 4 is 5.91 Å². The van der Waals surface area contributed by atoms with Gasteiger partial charge in [0.25, 0.3) is 5.91 Å². The molecular weight excluding hydrogens is 380 g/mol. The number of amides is 1. The fraction of sp³-hybridized carbons (Fsp3) is 0.455. The van der Waals surface area contributed by atoms with Crippen molar-refractivity contribution < 1.29 is 9.21 Å². The SMILES string of the molecule is CCNC(=O)c1cn(-c2ccccc2)nc1C1CCCN(Cc2nnc(CC)o2)C1. The second-order valence-electron chi connectivity index (χ2n) is 7.58. The summed E-state index contributed by atoms with van der Waals surface area (Å²) in [4.78, 5) is 15.1. The first-order valence-corrected chi connectivity index (χ1v) is 10.6. The van der Waals surface area contributed by atoms with Crippen LogP contribution in [0.3, 0.4) is 0 Å². The molecule has 0 radical (unpaired) electrons. The fourth-order valence-electron chi connectivity index (χ4n) is 3.94. The summed E-state index contributed by atoms with van der Waals surface area (Å²) < 4.78 is 7.49. The van der Waals surface area contributed by atoms with Crippen molar-refractivity contribution in [2.75, 3.05) is 19.6 Å². The minimum absolute atomic E-state index is 0.0729. The largest absolute Gasteiger partial charge is 0.424 e. The van der Waals surface area contributed by atoms with Crippen molar-refractivity contribution in [3.05, 3.63) is 59.6 Å². The van der Waals surface area contributed by atoms with Gasteiger partial charge < -0.3 is 9.73 Å². The molecule has 0 spiro atoms. The van der Waals surface area contributed by atoms with Crippen LogP contribution in [0.1, 0.15) is 60.4 Å². The van der Waals surface area contributed by atoms with Gasteiger partial charge in [0.05, 0.1) is 23.5 Å². The second-order valence-corrected chi connectivity index (χ2v) is 7.58. The maximum atomic E-state index is 12.7. The number of carbonyl (C=O) groups excluding carboxylic acids is 1. The molecular formula is C22H28N6O2. The quantitative estimate of drug-likeness (QED) is 0.647. The van der Waals surface area contributed by atoms with Crippen LogP contribution < -0.4 is 5.32 Å². The van der Waals surface area contributed by atoms with Crippen LogP contribution >= 0.6 is 0 Å². The monoisotopic (exact) mass is 408 g/mol. The number of nitrogens with zero attached hydrogens (tertiary/aromatic N) is 5. The molecule has 3 aromatic rings. The summed E-state index contributed by atoms with van der Waals surface area (Å²) in [6, 6.07) is 9.90. The highest BCUT2D eigenvalue weighted by molar-refractivity contribution is 5.95. The number of para-hydroxylation sites is 1. The van der Waals surface area contributed by atoms with E-state index in [1.54, 1.807) is 0 Å². The highest BCUT2D eigenvalue weighted by Crippen LogP contribution is 2.30. The number of hydrogen-bond donors (Lipinski definition) is 1. The van der Waals surface area contributed by atoms with Crippen LogP contribution in [0.25, 0.3) is 5.69 Å². The minimum atomic E-state index is -0.0729. The van der Waals surface area contributed by atoms with Gasteiger partial charge in [0.1, 0.15) is 0 Å². The molecule has 2 aromatic heterocycles. The molecule has 1 aliphatic rings. The predicted molar refractivity (Wildman–Crippen MR) is 112 cm³/mol. The maximum Gasteiger partial charge on any atom is 0.254 e. The number of aromatic nitrogens is 4. The van der Waals surface area contributed by atoms with Gasteiger partial charge in [-0.05, 0) is 38.4 Å². The lowest BCUT2D eigenvalue weighted by molar-refractivity contribution is 0.0953. The standard InChI is InChI=1S/C22H28N6O2/c1-3-19-24-25-20(30-19)15-27-12-8-9-16(13-27)21-18(22(29)23-4-2)14-28(26-21)17-10-6-5-7-11-17/h5-7,10-11,14,16H,3-4,8-9,12-13,15H2,1-2H3,(H,23,29). The molecule has 1 atom stereocenters. The topological polar surface area (TPSA) is 89.1 Å². The molecule has 1 aromatic carbocycles. The third-order valence-corrected chi connectivity index (χ3v) is 5.41. The van der Waals surface area contributed by atoms with E-state index in [4.69, 9.17) is 9.52 Å². The molecule has 1 amide bonds. The molecule has 0 saturated carbocycles. The molecule has 4 rings (SSSR count). The highest BCUT2D eigenvalue weighted by Gasteiger charge is 2.29. The summed E-state index contributed by atoms with van der Waals surface area (Å²) in [5, 5.41) is 16.0. The molecule has 0 aliphatic carbocycles. The Kier molecular flexibility index (Phi) is 6.23. The Morgan fingerprint density at radius 1 is 1.20 bits per heavy atom. The second kappa shape index (κ2) is 9.21. The number of hydrogen-bond acceptors (Lipinski definition) is 6. The molecule has 1 N–H and O–H groups in total. The summed E-state index contributed by atoms with van der Waals surface area (Å²) in [6.45, 7) is 6.91. The van der Waals surface area contributed by atoms with Gasteiger partial charge >= 0.3 is 0 Å². The van der Waals surface area contributed by atoms with Gasteiger partial charge in [-0.15, -0.1) is 10.2 Å². The van der Waals surface area contributed by atoms with E-state index in [1.165, 1.54) is 0 Å². The number of benzene rings is 1. The number of aryl methyl sites for hydroxylation is 1. The predicted octanol–water partition coefficient (Wildman–Crippen LogP) is 2.95. The van der Waals surface area contributed by atoms with Gasteiger partial charge in [0, 0.05) is 31.6 Å². The Balaban J connectivity index is 1.57. The first-order chi connectivity index (χ1) is 14.7. The molecule has 1 aliphatic heterocycles. The summed E-state index contributed by atoms with van der Waals surface area (Å²) in [7, 11) is 0. The number of carbonyl (C=O) groups is 1. The molecule has 1 fully saturated rings. The van der Waals surface area contributed by atoms with Crippen molar-refractivity contribution in [2.45, 2.75) is 45.6 Å². The molecule has 0 bridgehead atoms. The van der Waals surface area contributed by atoms with Crippen molar-refractivity contribution in [1.29, 1.82) is 0 Å². The van der Waals surface area contributed by atoms with Crippen molar-refractivity contribution in [1.82, 2.24) is 30.2 Å². The zero-order chi connectivity index (χ0) is 20.9. The fourth-order valence-corrected chi connectivity index (χ4v) is 3.94. The average Bonchev–Trinajstić information content (AvgIpc) is 3.42. The van der Waals surface area contributed by atoms with Crippen molar-refractivity contribution in [2.24, 2.45) is 0 Å². The number of nitrogens with one attached hydrogen (secondary N) is 1. The third-order valence-electron chi connectivity index (χ3n) is 5.41. The Labute approximate surface area is 176 Å². The molecule has 3 heterocycles. The van der Waals surface area contributed by atoms with E-state index in [1.807, 2.05) is 55.1 Å². The number of rotatable bonds is 7. The Morgan fingerprint density at radius 2 is 2.00 bits per heavy atom. The van der Waals surface area contributed by atoms with Gasteiger partial charge in [0.15, 0.2) is 0 Å². The van der Waals surface area contributed by atoms with Crippen LogP contribution in [0.2, 0.25) is 0 Å². The van der Waals surface area contributed by atoms with E-state index in [9.17, 15) is 4.79 Å². The van der Waals surface area contributed by atoms with E-state index >= 15 is 0 Å². The minimum Gasteiger partial charge on any atom is -0.424 e. The average molecular weight is 409 g/mol. The Hall–Kier alpha value is -3.00. The van der Waals surface area contributed by atoms with E-state index in [0.717, 1.165) is 43.7 Å². The zero-order valence-corrected chi connectivity index (χ0v) is 17.5. The van der Waals surface area contributed by atoms with Crippen LogP contribution in [0.4, 0.5) is 0 Å². The third kappa shape index (κ3) is 4.43. The Bertz CT molecular complexity index is 981. The van der Waals surface area contributed by atoms with Gasteiger partial charge in [-0.1, -0.05) is 25.1 Å². The summed E-state index contributed by atoms with van der Waals surface area (Å²) in [6.07, 6.45) is 4.62. The van der Waals surface area contributed by atoms with Gasteiger partial charge in [0.2, 0.25) is 11.8 Å². The summed E-state index contributed by atoms with van der Waals surface area (Å²) in [5.41, 5.74) is 2.45. The molecule has 8 nitrogen and oxygen atoms in total. The van der Waals surface area contributed by atoms with E-state index in [2.05, 4.69) is 20.4 Å². The van der Waals surface area contributed by atoms with Crippen LogP contribution in [-0.4, -0.2) is 50.4 Å². The normalized spacial score (nSPS) is 17.2. The van der Waals surface area contributed by atoms with Gasteiger partial charge in [-0.2, -0.15) is 5.10 Å². The molecule has 8 heteroatoms. The van der Waals surface area contributed by atoms with Crippen LogP contribution in [0.15, 0.2) is 40.9 Å². The first kappa shape index (κ1) is 20.3. The van der Waals surface area contributed by atoms with Crippen LogP contribution in [0.5, 0.6) is 0 Å². The molecule has 1 saturated heterocycles. The lowest BCUT2D eigenvalue weighted by atomic mass is 9.92. The maximum absolute atomic E-state index is 12.7. The van der Waals surface area contributed by atoms with Gasteiger partial charge in [-0.25, -0.2) is 4.68 Å². The number of piperidine rings is 1. The van der Waals surface area contributed by atoms with Gasteiger partial charge in [-0.3, -0.25) is 9.69 Å². The van der Waals surface area contributed by atoms with E-state index in [-0.39, 0.29) is 11.8 Å². The summed E-state index contributed by atoms with van der Waals surface area (Å²) in [5.74, 6) is 1.41. The van der Waals surface area contributed by atoms with Crippen molar-refractivity contribution in [3.63, 3.8) is 0 Å². The summed E-state index contributed by atoms with van der Waals surface area (Å²) >= 11 is 0. The lowest BCUT2D eigenvalue weighted by Gasteiger charge is -2.31. The van der Waals surface area contributed by atoms with E-state index < -0.39 is 0 Å². The smallest absolute Gasteiger partial charge is 0.254 e. The Morgan fingerprint density at radius 3 is 2.73 bits per heavy atom. The molecule has 158 valence electrons. The first-order valence-electron chi connectivity index (χ1n) is 10.6. The zero-order valence-electron chi connectivity index (χ0n) is 17.5. The van der Waals surface area contributed by atoms with Crippen molar-refractivity contribution in [3.8, 4) is 5.69 Å². The number of likely N-dealkylation sites (tertiary alicyclic amines) is 1. The lowest BCUT2D eigenvalue weighted by Crippen LogP contribution is -2.35. The molecule has 1 unspecified atom stereocenters.